The molecule has 27 heteroatoms. The molecule has 0 aliphatic carbocycles. The SMILES string of the molecule is Cc1cnc(N)s1.Cc1cnc(NC(=O)c2ccc3c(=O)n4c(nc3c2)CCOCC4)s1.O=C(Cl)c1ccc2c(=O)n3c(nc2c1)CCOCC3.O=C(O)c1ccc2c(=O)n3c(nc2c1)CCOCC3.O=S(Cl)Cl. The van der Waals surface area contributed by atoms with Crippen molar-refractivity contribution in [3.63, 3.8) is 0 Å². The third kappa shape index (κ3) is 14.3. The molecule has 74 heavy (non-hydrogen) atoms. The zero-order valence-corrected chi connectivity index (χ0v) is 44.1. The Balaban J connectivity index is 0.000000148. The number of aromatic carboxylic acids is 1. The number of anilines is 2. The summed E-state index contributed by atoms with van der Waals surface area (Å²) in [6.45, 7) is 8.53. The molecule has 1 amide bonds. The van der Waals surface area contributed by atoms with E-state index in [0.717, 1.165) is 9.75 Å². The first-order chi connectivity index (χ1) is 35.5. The molecule has 0 saturated carbocycles. The summed E-state index contributed by atoms with van der Waals surface area (Å²) in [4.78, 5) is 95.4. The molecule has 0 spiro atoms. The van der Waals surface area contributed by atoms with Crippen LogP contribution in [0.15, 0.2) is 81.4 Å². The first-order valence-corrected chi connectivity index (χ1v) is 27.2. The van der Waals surface area contributed by atoms with Crippen LogP contribution >= 0.6 is 55.6 Å². The van der Waals surface area contributed by atoms with Crippen LogP contribution in [-0.4, -0.2) is 105 Å². The number of ether oxygens (including phenoxy) is 3. The molecule has 0 fully saturated rings. The van der Waals surface area contributed by atoms with Gasteiger partial charge in [-0.1, -0.05) is 0 Å². The van der Waals surface area contributed by atoms with Gasteiger partial charge in [-0.3, -0.25) is 43.0 Å². The van der Waals surface area contributed by atoms with Crippen molar-refractivity contribution >= 4 is 125 Å². The summed E-state index contributed by atoms with van der Waals surface area (Å²) in [5.41, 5.74) is 7.35. The Morgan fingerprint density at radius 2 is 1.03 bits per heavy atom. The molecule has 0 bridgehead atoms. The number of carbonyl (C=O) groups is 3. The minimum Gasteiger partial charge on any atom is -0.478 e. The van der Waals surface area contributed by atoms with E-state index in [4.69, 9.17) is 40.9 Å². The zero-order valence-electron chi connectivity index (χ0n) is 39.4. The molecule has 3 aromatic carbocycles. The van der Waals surface area contributed by atoms with Crippen molar-refractivity contribution in [3.05, 3.63) is 142 Å². The maximum Gasteiger partial charge on any atom is 0.335 e. The second-order valence-corrected chi connectivity index (χ2v) is 21.4. The van der Waals surface area contributed by atoms with Gasteiger partial charge < -0.3 is 25.1 Å². The fourth-order valence-corrected chi connectivity index (χ4v) is 9.00. The molecule has 5 aromatic heterocycles. The van der Waals surface area contributed by atoms with E-state index < -0.39 is 20.4 Å². The lowest BCUT2D eigenvalue weighted by atomic mass is 10.1. The number of carboxylic acid groups (broad SMARTS) is 1. The first-order valence-electron chi connectivity index (χ1n) is 22.4. The summed E-state index contributed by atoms with van der Waals surface area (Å²) in [6, 6.07) is 14.0. The van der Waals surface area contributed by atoms with Crippen LogP contribution in [0.5, 0.6) is 0 Å². The van der Waals surface area contributed by atoms with E-state index in [1.807, 2.05) is 13.8 Å². The second-order valence-electron chi connectivity index (χ2n) is 16.0. The molecule has 0 radical (unpaired) electrons. The van der Waals surface area contributed by atoms with E-state index in [1.54, 1.807) is 62.5 Å². The lowest BCUT2D eigenvalue weighted by Gasteiger charge is -2.10. The van der Waals surface area contributed by atoms with Gasteiger partial charge in [0, 0.05) is 73.9 Å². The van der Waals surface area contributed by atoms with E-state index in [-0.39, 0.29) is 28.1 Å². The minimum atomic E-state index is -1.67. The van der Waals surface area contributed by atoms with Gasteiger partial charge in [0.2, 0.25) is 9.23 Å². The molecular formula is C47H45Cl3N10O11S3. The van der Waals surface area contributed by atoms with Crippen molar-refractivity contribution in [3.8, 4) is 0 Å². The summed E-state index contributed by atoms with van der Waals surface area (Å²) < 4.78 is 30.1. The average molecular weight is 1130 g/mol. The molecule has 3 aliphatic heterocycles. The molecule has 4 N–H and O–H groups in total. The summed E-state index contributed by atoms with van der Waals surface area (Å²) in [5, 5.41) is 13.8. The summed E-state index contributed by atoms with van der Waals surface area (Å²) in [6.07, 6.45) is 5.20. The second kappa shape index (κ2) is 25.7. The lowest BCUT2D eigenvalue weighted by Crippen LogP contribution is -2.25. The summed E-state index contributed by atoms with van der Waals surface area (Å²) in [7, 11) is 7.36. The van der Waals surface area contributed by atoms with E-state index in [2.05, 4.69) is 51.6 Å². The van der Waals surface area contributed by atoms with E-state index in [9.17, 15) is 28.8 Å². The van der Waals surface area contributed by atoms with Gasteiger partial charge in [-0.15, -0.1) is 22.7 Å². The van der Waals surface area contributed by atoms with Crippen molar-refractivity contribution in [1.29, 1.82) is 0 Å². The van der Waals surface area contributed by atoms with Gasteiger partial charge in [0.1, 0.15) is 17.5 Å². The molecule has 0 saturated heterocycles. The Bertz CT molecular complexity index is 3460. The number of nitrogens with two attached hydrogens (primary N) is 1. The van der Waals surface area contributed by atoms with Crippen LogP contribution in [0.4, 0.5) is 10.3 Å². The van der Waals surface area contributed by atoms with E-state index in [1.165, 1.54) is 40.9 Å². The van der Waals surface area contributed by atoms with Gasteiger partial charge in [-0.25, -0.2) is 33.9 Å². The predicted octanol–water partition coefficient (Wildman–Crippen LogP) is 6.08. The fraction of sp³-hybridized carbons (Fsp3) is 0.298. The quantitative estimate of drug-likeness (QED) is 0.168. The Morgan fingerprint density at radius 1 is 0.635 bits per heavy atom. The Hall–Kier alpha value is -6.35. The zero-order chi connectivity index (χ0) is 53.1. The van der Waals surface area contributed by atoms with Crippen LogP contribution in [0.2, 0.25) is 0 Å². The number of nitrogens with one attached hydrogen (secondary N) is 1. The minimum absolute atomic E-state index is 0.0898. The van der Waals surface area contributed by atoms with Gasteiger partial charge in [-0.2, -0.15) is 0 Å². The highest BCUT2D eigenvalue weighted by Gasteiger charge is 2.19. The van der Waals surface area contributed by atoms with E-state index >= 15 is 0 Å². The molecule has 11 rings (SSSR count). The first kappa shape index (κ1) is 55.4. The summed E-state index contributed by atoms with van der Waals surface area (Å²) in [5.74, 6) is 0.744. The number of amides is 1. The number of rotatable bonds is 4. The number of thiazole rings is 2. The number of nitrogen functional groups attached to an aromatic ring is 1. The number of aromatic nitrogens is 8. The number of halogens is 3. The summed E-state index contributed by atoms with van der Waals surface area (Å²) >= 11 is 8.36. The highest BCUT2D eigenvalue weighted by molar-refractivity contribution is 8.26. The van der Waals surface area contributed by atoms with Crippen LogP contribution in [0.25, 0.3) is 32.7 Å². The van der Waals surface area contributed by atoms with Crippen LogP contribution < -0.4 is 27.7 Å². The number of carboxylic acids is 1. The topological polar surface area (TPSA) is 285 Å². The number of hydrogen-bond acceptors (Lipinski definition) is 18. The molecule has 3 aliphatic rings. The van der Waals surface area contributed by atoms with Crippen molar-refractivity contribution in [2.45, 2.75) is 52.7 Å². The number of aryl methyl sites for hydroxylation is 2. The Kier molecular flexibility index (Phi) is 19.3. The fourth-order valence-electron chi connectivity index (χ4n) is 7.68. The normalized spacial score (nSPS) is 13.8. The number of hydrogen-bond donors (Lipinski definition) is 3. The maximum absolute atomic E-state index is 12.7. The molecule has 388 valence electrons. The van der Waals surface area contributed by atoms with Crippen molar-refractivity contribution in [2.75, 3.05) is 50.7 Å². The number of fused-ring (bicyclic) bond motifs is 6. The third-order valence-corrected chi connectivity index (χ3v) is 12.9. The number of nitrogens with zero attached hydrogens (tertiary/aromatic N) is 8. The average Bonchev–Trinajstić information content (AvgIpc) is 3.63. The predicted molar refractivity (Wildman–Crippen MR) is 285 cm³/mol. The van der Waals surface area contributed by atoms with Gasteiger partial charge in [-0.05, 0) is 80.0 Å². The molecule has 8 aromatic rings. The van der Waals surface area contributed by atoms with Crippen LogP contribution in [0, 0.1) is 13.8 Å². The third-order valence-electron chi connectivity index (χ3n) is 11.1. The van der Waals surface area contributed by atoms with Crippen LogP contribution in [0.3, 0.4) is 0 Å². The van der Waals surface area contributed by atoms with Crippen molar-refractivity contribution < 1.29 is 37.9 Å². The Morgan fingerprint density at radius 3 is 1.39 bits per heavy atom. The van der Waals surface area contributed by atoms with Gasteiger partial charge in [0.15, 0.2) is 10.3 Å². The molecule has 0 unspecified atom stereocenters. The van der Waals surface area contributed by atoms with Gasteiger partial charge >= 0.3 is 5.97 Å². The standard InChI is InChI=1S/C17H16N4O3S.C13H11ClN2O3.C13H12N2O4.C4H6N2S.Cl2OS/c1-10-9-18-17(25-10)20-15(22)11-2-3-12-13(8-11)19-14-4-6-24-7-5-21(14)16(12)23;14-12(17)8-1-2-9-10(7-8)15-11-3-5-19-6-4-16(11)13(9)18;16-12-9-2-1-8(13(17)18)7-10(9)14-11-3-5-19-6-4-15(11)12;1-3-2-6-4(5)7-3;1-4(2)3/h2-3,8-9H,4-7H2,1H3,(H,18,20,22);1-2,7H,3-6H2;1-2,7H,3-6H2,(H,17,18);2H,1H3,(H2,5,6);. The smallest absolute Gasteiger partial charge is 0.335 e. The van der Waals surface area contributed by atoms with Gasteiger partial charge in [0.05, 0.1) is 97.5 Å². The molecule has 8 heterocycles. The highest BCUT2D eigenvalue weighted by atomic mass is 36.0. The number of benzene rings is 3. The van der Waals surface area contributed by atoms with Crippen molar-refractivity contribution in [1.82, 2.24) is 38.6 Å². The lowest BCUT2D eigenvalue weighted by molar-refractivity contribution is 0.0696. The molecule has 21 nitrogen and oxygen atoms in total. The molecule has 0 atom stereocenters. The monoisotopic (exact) mass is 1130 g/mol. The van der Waals surface area contributed by atoms with Crippen molar-refractivity contribution in [2.24, 2.45) is 0 Å². The highest BCUT2D eigenvalue weighted by Crippen LogP contribution is 2.20. The number of carbonyl (C=O) groups excluding carboxylic acids is 2. The van der Waals surface area contributed by atoms with Crippen LogP contribution in [0.1, 0.15) is 58.3 Å². The molecular weight excluding hydrogens is 1080 g/mol. The van der Waals surface area contributed by atoms with E-state index in [0.29, 0.717) is 150 Å². The Labute approximate surface area is 444 Å². The maximum atomic E-state index is 12.7. The largest absolute Gasteiger partial charge is 0.478 e. The van der Waals surface area contributed by atoms with Gasteiger partial charge in [0.25, 0.3) is 27.8 Å². The van der Waals surface area contributed by atoms with Crippen LogP contribution in [-0.2, 0) is 62.3 Å².